The van der Waals surface area contributed by atoms with Gasteiger partial charge in [-0.2, -0.15) is 0 Å². The van der Waals surface area contributed by atoms with Gasteiger partial charge in [0.2, 0.25) is 0 Å². The lowest BCUT2D eigenvalue weighted by molar-refractivity contribution is -0.0351. The van der Waals surface area contributed by atoms with Crippen LogP contribution in [0.2, 0.25) is 0 Å². The summed E-state index contributed by atoms with van der Waals surface area (Å²) < 4.78 is 30.5. The molecule has 1 aliphatic carbocycles. The first kappa shape index (κ1) is 31.5. The van der Waals surface area contributed by atoms with E-state index in [9.17, 15) is 9.18 Å². The minimum atomic E-state index is -0.492. The summed E-state index contributed by atoms with van der Waals surface area (Å²) in [6.07, 6.45) is 11.0. The van der Waals surface area contributed by atoms with Gasteiger partial charge >= 0.3 is 0 Å². The Morgan fingerprint density at radius 1 is 1.22 bits per heavy atom. The number of carbonyl (C=O) groups excluding carboxylic acids is 1. The lowest BCUT2D eigenvalue weighted by atomic mass is 9.61. The quantitative estimate of drug-likeness (QED) is 0.205. The summed E-state index contributed by atoms with van der Waals surface area (Å²) in [6.45, 7) is 9.77. The maximum atomic E-state index is 14.3. The number of fused-ring (bicyclic) bond motifs is 1. The topological polar surface area (TPSA) is 105 Å². The van der Waals surface area contributed by atoms with E-state index >= 15 is 0 Å². The molecule has 3 aliphatic rings. The number of ether oxygens (including phenoxy) is 2. The number of hydrogen-bond acceptors (Lipinski definition) is 10. The standard InChI is InChI=1S/C33H42FN7O3S/c1-5-41(21(2)3)32(42)24-14-22(34)6-7-27(24)44-29-17-35-20-38-31(29)40-18-33(19-40)15-23(16-33)43-28-10-12-37-25-8-11-36-26(30(25)28)9-13-39-45-4/h6-7,10,12,14,17,20-21,23,26,36,39H,5,8-9,11,13,15-16,18-19H2,1-4H3. The van der Waals surface area contributed by atoms with Crippen molar-refractivity contribution in [3.8, 4) is 17.2 Å². The molecule has 1 aromatic carbocycles. The van der Waals surface area contributed by atoms with Crippen molar-refractivity contribution in [2.75, 3.05) is 43.9 Å². The molecule has 0 bridgehead atoms. The molecule has 2 aliphatic heterocycles. The van der Waals surface area contributed by atoms with Crippen molar-refractivity contribution in [2.24, 2.45) is 5.41 Å². The molecule has 2 N–H and O–H groups in total. The van der Waals surface area contributed by atoms with Crippen molar-refractivity contribution in [3.63, 3.8) is 0 Å². The highest BCUT2D eigenvalue weighted by atomic mass is 32.2. The van der Waals surface area contributed by atoms with E-state index in [4.69, 9.17) is 9.47 Å². The third kappa shape index (κ3) is 6.59. The molecule has 1 spiro atoms. The van der Waals surface area contributed by atoms with Crippen molar-refractivity contribution in [1.82, 2.24) is 29.9 Å². The van der Waals surface area contributed by atoms with Crippen LogP contribution in [0.4, 0.5) is 10.2 Å². The van der Waals surface area contributed by atoms with E-state index in [0.717, 1.165) is 63.3 Å². The van der Waals surface area contributed by atoms with Crippen LogP contribution in [-0.2, 0) is 6.42 Å². The summed E-state index contributed by atoms with van der Waals surface area (Å²) in [7, 11) is 0. The number of carbonyl (C=O) groups is 1. The zero-order chi connectivity index (χ0) is 31.6. The summed E-state index contributed by atoms with van der Waals surface area (Å²) in [5.41, 5.74) is 2.68. The highest BCUT2D eigenvalue weighted by Gasteiger charge is 2.54. The van der Waals surface area contributed by atoms with Gasteiger partial charge in [0.1, 0.15) is 29.7 Å². The molecule has 1 atom stereocenters. The Hall–Kier alpha value is -3.48. The Morgan fingerprint density at radius 3 is 2.80 bits per heavy atom. The number of rotatable bonds is 12. The molecule has 12 heteroatoms. The van der Waals surface area contributed by atoms with Gasteiger partial charge in [0.05, 0.1) is 17.5 Å². The molecule has 1 saturated carbocycles. The van der Waals surface area contributed by atoms with Gasteiger partial charge in [-0.1, -0.05) is 11.9 Å². The molecule has 1 saturated heterocycles. The monoisotopic (exact) mass is 635 g/mol. The lowest BCUT2D eigenvalue weighted by Crippen LogP contribution is -2.65. The number of nitrogens with one attached hydrogen (secondary N) is 2. The maximum Gasteiger partial charge on any atom is 0.257 e. The molecule has 2 aromatic heterocycles. The minimum Gasteiger partial charge on any atom is -0.490 e. The molecule has 1 amide bonds. The van der Waals surface area contributed by atoms with Crippen LogP contribution in [0.1, 0.15) is 67.7 Å². The fraction of sp³-hybridized carbons (Fsp3) is 0.515. The van der Waals surface area contributed by atoms with Crippen LogP contribution in [0.5, 0.6) is 17.2 Å². The Morgan fingerprint density at radius 2 is 2.04 bits per heavy atom. The van der Waals surface area contributed by atoms with E-state index in [1.54, 1.807) is 23.0 Å². The fourth-order valence-corrected chi connectivity index (χ4v) is 7.25. The number of nitrogens with zero attached hydrogens (tertiary/aromatic N) is 5. The average molecular weight is 636 g/mol. The summed E-state index contributed by atoms with van der Waals surface area (Å²) >= 11 is 1.64. The summed E-state index contributed by atoms with van der Waals surface area (Å²) in [5.74, 6) is 1.56. The third-order valence-electron chi connectivity index (χ3n) is 9.06. The SMILES string of the molecule is CCN(C(=O)c1cc(F)ccc1Oc1cncnc1N1CC2(CC(Oc3ccnc4c3C(CCNSC)NCC4)C2)C1)C(C)C. The molecule has 45 heavy (non-hydrogen) atoms. The van der Waals surface area contributed by atoms with E-state index in [1.165, 1.54) is 30.1 Å². The van der Waals surface area contributed by atoms with E-state index < -0.39 is 5.82 Å². The second-order valence-corrected chi connectivity index (χ2v) is 13.2. The van der Waals surface area contributed by atoms with E-state index in [-0.39, 0.29) is 40.8 Å². The summed E-state index contributed by atoms with van der Waals surface area (Å²) in [6, 6.07) is 6.24. The van der Waals surface area contributed by atoms with Gasteiger partial charge in [-0.3, -0.25) is 14.5 Å². The van der Waals surface area contributed by atoms with Gasteiger partial charge in [0.15, 0.2) is 11.6 Å². The van der Waals surface area contributed by atoms with Crippen LogP contribution in [0.25, 0.3) is 0 Å². The van der Waals surface area contributed by atoms with Crippen LogP contribution >= 0.6 is 11.9 Å². The summed E-state index contributed by atoms with van der Waals surface area (Å²) in [4.78, 5) is 30.6. The zero-order valence-electron chi connectivity index (χ0n) is 26.4. The van der Waals surface area contributed by atoms with Crippen LogP contribution in [0, 0.1) is 11.2 Å². The zero-order valence-corrected chi connectivity index (χ0v) is 27.2. The molecular weight excluding hydrogens is 593 g/mol. The first-order chi connectivity index (χ1) is 21.8. The second kappa shape index (κ2) is 13.5. The van der Waals surface area contributed by atoms with Crippen LogP contribution < -0.4 is 24.4 Å². The lowest BCUT2D eigenvalue weighted by Gasteiger charge is -2.59. The maximum absolute atomic E-state index is 14.3. The predicted octanol–water partition coefficient (Wildman–Crippen LogP) is 5.17. The highest BCUT2D eigenvalue weighted by Crippen LogP contribution is 2.52. The number of amides is 1. The van der Waals surface area contributed by atoms with Gasteiger partial charge in [-0.25, -0.2) is 14.4 Å². The number of hydrogen-bond donors (Lipinski definition) is 2. The Bertz CT molecular complexity index is 1510. The normalized spacial score (nSPS) is 18.7. The van der Waals surface area contributed by atoms with Crippen molar-refractivity contribution in [1.29, 1.82) is 0 Å². The minimum absolute atomic E-state index is 0.0360. The van der Waals surface area contributed by atoms with Crippen molar-refractivity contribution in [3.05, 3.63) is 65.6 Å². The van der Waals surface area contributed by atoms with E-state index in [0.29, 0.717) is 18.1 Å². The van der Waals surface area contributed by atoms with Crippen molar-refractivity contribution in [2.45, 2.75) is 64.6 Å². The molecule has 4 heterocycles. The molecule has 3 aromatic rings. The molecule has 6 rings (SSSR count). The number of aromatic nitrogens is 3. The van der Waals surface area contributed by atoms with Crippen LogP contribution in [-0.4, -0.2) is 76.9 Å². The highest BCUT2D eigenvalue weighted by molar-refractivity contribution is 7.96. The number of pyridine rings is 1. The van der Waals surface area contributed by atoms with Gasteiger partial charge in [-0.15, -0.1) is 0 Å². The van der Waals surface area contributed by atoms with Gasteiger partial charge in [0, 0.05) is 68.4 Å². The third-order valence-corrected chi connectivity index (χ3v) is 9.55. The first-order valence-corrected chi connectivity index (χ1v) is 17.0. The van der Waals surface area contributed by atoms with E-state index in [2.05, 4.69) is 29.9 Å². The average Bonchev–Trinajstić information content (AvgIpc) is 2.99. The van der Waals surface area contributed by atoms with Crippen LogP contribution in [0.3, 0.4) is 0 Å². The smallest absolute Gasteiger partial charge is 0.257 e. The largest absolute Gasteiger partial charge is 0.490 e. The molecule has 10 nitrogen and oxygen atoms in total. The van der Waals surface area contributed by atoms with Crippen LogP contribution in [0.15, 0.2) is 43.0 Å². The number of benzene rings is 1. The van der Waals surface area contributed by atoms with E-state index in [1.807, 2.05) is 39.3 Å². The van der Waals surface area contributed by atoms with Gasteiger partial charge in [-0.05, 0) is 70.6 Å². The molecule has 0 radical (unpaired) electrons. The molecule has 240 valence electrons. The van der Waals surface area contributed by atoms with Crippen molar-refractivity contribution >= 4 is 23.7 Å². The Balaban J connectivity index is 1.11. The van der Waals surface area contributed by atoms with Gasteiger partial charge < -0.3 is 24.6 Å². The Labute approximate surface area is 268 Å². The molecule has 1 unspecified atom stereocenters. The summed E-state index contributed by atoms with van der Waals surface area (Å²) in [5, 5.41) is 3.66. The predicted molar refractivity (Wildman–Crippen MR) is 173 cm³/mol. The van der Waals surface area contributed by atoms with Crippen molar-refractivity contribution < 1.29 is 18.7 Å². The number of halogens is 1. The number of anilines is 1. The molecular formula is C33H42FN7O3S. The first-order valence-electron chi connectivity index (χ1n) is 15.8. The molecule has 2 fully saturated rings. The second-order valence-electron chi connectivity index (χ2n) is 12.5. The van der Waals surface area contributed by atoms with Gasteiger partial charge in [0.25, 0.3) is 5.91 Å². The fourth-order valence-electron chi connectivity index (χ4n) is 6.92. The Kier molecular flexibility index (Phi) is 9.44.